The fraction of sp³-hybridized carbons (Fsp3) is 0.143. The van der Waals surface area contributed by atoms with Gasteiger partial charge in [-0.05, 0) is 24.3 Å². The van der Waals surface area contributed by atoms with Crippen LogP contribution in [0.25, 0.3) is 10.9 Å². The van der Waals surface area contributed by atoms with Gasteiger partial charge in [0.1, 0.15) is 5.82 Å². The largest absolute Gasteiger partial charge is 0.478 e. The summed E-state index contributed by atoms with van der Waals surface area (Å²) in [5.74, 6) is 0.264. The first-order valence-corrected chi connectivity index (χ1v) is 6.36. The summed E-state index contributed by atoms with van der Waals surface area (Å²) in [6.07, 6.45) is 1.95. The van der Waals surface area contributed by atoms with Crippen molar-refractivity contribution in [1.82, 2.24) is 15.1 Å². The number of fused-ring (bicyclic) bond motifs is 1. The van der Waals surface area contributed by atoms with Crippen LogP contribution in [0.15, 0.2) is 41.2 Å². The Morgan fingerprint density at radius 3 is 2.95 bits per heavy atom. The Kier molecular flexibility index (Phi) is 3.46. The molecule has 0 aliphatic carbocycles. The number of hydrogen-bond acceptors (Lipinski definition) is 6. The van der Waals surface area contributed by atoms with E-state index in [-0.39, 0.29) is 5.56 Å². The van der Waals surface area contributed by atoms with E-state index in [1.165, 1.54) is 6.33 Å². The minimum atomic E-state index is -0.959. The molecule has 0 atom stereocenters. The molecule has 0 fully saturated rings. The zero-order valence-corrected chi connectivity index (χ0v) is 11.0. The third kappa shape index (κ3) is 2.81. The molecular weight excluding hydrogens is 272 g/mol. The van der Waals surface area contributed by atoms with Crippen molar-refractivity contribution in [2.75, 3.05) is 11.9 Å². The van der Waals surface area contributed by atoms with E-state index in [1.807, 2.05) is 0 Å². The number of aromatic nitrogens is 3. The van der Waals surface area contributed by atoms with Crippen molar-refractivity contribution >= 4 is 22.7 Å². The van der Waals surface area contributed by atoms with Gasteiger partial charge in [0, 0.05) is 18.4 Å². The summed E-state index contributed by atoms with van der Waals surface area (Å²) in [6.45, 7) is 0.597. The Hall–Kier alpha value is -2.96. The number of nitrogens with zero attached hydrogens (tertiary/aromatic N) is 3. The molecule has 0 aliphatic rings. The molecule has 0 bridgehead atoms. The lowest BCUT2D eigenvalue weighted by atomic mass is 10.1. The van der Waals surface area contributed by atoms with Crippen LogP contribution < -0.4 is 5.32 Å². The minimum Gasteiger partial charge on any atom is -0.478 e. The van der Waals surface area contributed by atoms with E-state index in [0.29, 0.717) is 35.6 Å². The molecule has 0 aliphatic heterocycles. The van der Waals surface area contributed by atoms with E-state index in [9.17, 15) is 4.79 Å². The smallest absolute Gasteiger partial charge is 0.336 e. The Morgan fingerprint density at radius 1 is 1.29 bits per heavy atom. The molecule has 0 radical (unpaired) electrons. The van der Waals surface area contributed by atoms with Crippen LogP contribution in [-0.4, -0.2) is 32.7 Å². The lowest BCUT2D eigenvalue weighted by Crippen LogP contribution is -2.07. The number of carboxylic acids is 1. The molecule has 3 aromatic rings. The van der Waals surface area contributed by atoms with Crippen molar-refractivity contribution in [3.8, 4) is 0 Å². The maximum atomic E-state index is 11.1. The van der Waals surface area contributed by atoms with Crippen molar-refractivity contribution in [1.29, 1.82) is 0 Å². The molecule has 2 N–H and O–H groups in total. The average molecular weight is 284 g/mol. The highest BCUT2D eigenvalue weighted by atomic mass is 16.5. The van der Waals surface area contributed by atoms with Crippen LogP contribution in [0.5, 0.6) is 0 Å². The molecule has 7 heteroatoms. The number of benzene rings is 1. The van der Waals surface area contributed by atoms with E-state index in [2.05, 4.69) is 20.4 Å². The fourth-order valence-electron chi connectivity index (χ4n) is 2.04. The van der Waals surface area contributed by atoms with Crippen LogP contribution in [-0.2, 0) is 6.42 Å². The van der Waals surface area contributed by atoms with Gasteiger partial charge >= 0.3 is 5.97 Å². The van der Waals surface area contributed by atoms with Crippen molar-refractivity contribution in [3.05, 3.63) is 48.1 Å². The third-order valence-electron chi connectivity index (χ3n) is 3.01. The first-order valence-electron chi connectivity index (χ1n) is 6.36. The quantitative estimate of drug-likeness (QED) is 0.738. The molecule has 0 unspecified atom stereocenters. The SMILES string of the molecule is O=C(O)c1cccc2nc(NCCc3ncno3)ccc12. The van der Waals surface area contributed by atoms with Gasteiger partial charge in [-0.25, -0.2) is 9.78 Å². The van der Waals surface area contributed by atoms with Crippen LogP contribution in [0.3, 0.4) is 0 Å². The fourth-order valence-corrected chi connectivity index (χ4v) is 2.04. The van der Waals surface area contributed by atoms with E-state index >= 15 is 0 Å². The van der Waals surface area contributed by atoms with E-state index < -0.39 is 5.97 Å². The van der Waals surface area contributed by atoms with Gasteiger partial charge in [-0.15, -0.1) is 0 Å². The maximum Gasteiger partial charge on any atom is 0.336 e. The minimum absolute atomic E-state index is 0.248. The molecule has 21 heavy (non-hydrogen) atoms. The Balaban J connectivity index is 1.76. The molecule has 106 valence electrons. The number of pyridine rings is 1. The third-order valence-corrected chi connectivity index (χ3v) is 3.01. The molecule has 0 spiro atoms. The Bertz CT molecular complexity index is 771. The first kappa shape index (κ1) is 13.0. The zero-order valence-electron chi connectivity index (χ0n) is 11.0. The highest BCUT2D eigenvalue weighted by Crippen LogP contribution is 2.19. The summed E-state index contributed by atoms with van der Waals surface area (Å²) in [5.41, 5.74) is 0.884. The molecule has 7 nitrogen and oxygen atoms in total. The number of anilines is 1. The van der Waals surface area contributed by atoms with Gasteiger partial charge in [-0.3, -0.25) is 0 Å². The molecule has 0 saturated carbocycles. The number of carbonyl (C=O) groups is 1. The summed E-state index contributed by atoms with van der Waals surface area (Å²) in [7, 11) is 0. The monoisotopic (exact) mass is 284 g/mol. The second-order valence-electron chi connectivity index (χ2n) is 4.39. The second kappa shape index (κ2) is 5.58. The number of hydrogen-bond donors (Lipinski definition) is 2. The second-order valence-corrected chi connectivity index (χ2v) is 4.39. The maximum absolute atomic E-state index is 11.1. The topological polar surface area (TPSA) is 101 Å². The van der Waals surface area contributed by atoms with Crippen LogP contribution in [0.2, 0.25) is 0 Å². The summed E-state index contributed by atoms with van der Waals surface area (Å²) in [6, 6.07) is 8.53. The molecule has 2 aromatic heterocycles. The summed E-state index contributed by atoms with van der Waals surface area (Å²) >= 11 is 0. The van der Waals surface area contributed by atoms with Gasteiger partial charge in [0.25, 0.3) is 0 Å². The van der Waals surface area contributed by atoms with Gasteiger partial charge < -0.3 is 14.9 Å². The average Bonchev–Trinajstić information content (AvgIpc) is 2.99. The number of carboxylic acid groups (broad SMARTS) is 1. The van der Waals surface area contributed by atoms with Crippen LogP contribution >= 0.6 is 0 Å². The van der Waals surface area contributed by atoms with E-state index in [1.54, 1.807) is 30.3 Å². The highest BCUT2D eigenvalue weighted by Gasteiger charge is 2.09. The van der Waals surface area contributed by atoms with Crippen LogP contribution in [0.4, 0.5) is 5.82 Å². The van der Waals surface area contributed by atoms with Crippen LogP contribution in [0, 0.1) is 0 Å². The Morgan fingerprint density at radius 2 is 2.19 bits per heavy atom. The molecule has 0 amide bonds. The molecule has 2 heterocycles. The lowest BCUT2D eigenvalue weighted by molar-refractivity contribution is 0.0699. The predicted molar refractivity (Wildman–Crippen MR) is 75.2 cm³/mol. The van der Waals surface area contributed by atoms with Crippen molar-refractivity contribution in [2.45, 2.75) is 6.42 Å². The summed E-state index contributed by atoms with van der Waals surface area (Å²) < 4.78 is 4.90. The van der Waals surface area contributed by atoms with Gasteiger partial charge in [-0.2, -0.15) is 4.98 Å². The van der Waals surface area contributed by atoms with E-state index in [4.69, 9.17) is 9.63 Å². The van der Waals surface area contributed by atoms with Gasteiger partial charge in [-0.1, -0.05) is 11.2 Å². The van der Waals surface area contributed by atoms with E-state index in [0.717, 1.165) is 0 Å². The molecular formula is C14H12N4O3. The van der Waals surface area contributed by atoms with Crippen molar-refractivity contribution in [2.24, 2.45) is 0 Å². The lowest BCUT2D eigenvalue weighted by Gasteiger charge is -2.06. The van der Waals surface area contributed by atoms with Crippen molar-refractivity contribution in [3.63, 3.8) is 0 Å². The highest BCUT2D eigenvalue weighted by molar-refractivity contribution is 6.02. The molecule has 0 saturated heterocycles. The number of aromatic carboxylic acids is 1. The Labute approximate surface area is 119 Å². The molecule has 3 rings (SSSR count). The predicted octanol–water partition coefficient (Wildman–Crippen LogP) is 1.97. The van der Waals surface area contributed by atoms with Gasteiger partial charge in [0.15, 0.2) is 6.33 Å². The summed E-state index contributed by atoms with van der Waals surface area (Å²) in [5, 5.41) is 16.4. The first-order chi connectivity index (χ1) is 10.2. The summed E-state index contributed by atoms with van der Waals surface area (Å²) in [4.78, 5) is 19.5. The van der Waals surface area contributed by atoms with Crippen LogP contribution in [0.1, 0.15) is 16.2 Å². The number of rotatable bonds is 5. The normalized spacial score (nSPS) is 10.7. The van der Waals surface area contributed by atoms with Crippen molar-refractivity contribution < 1.29 is 14.4 Å². The molecule has 1 aromatic carbocycles. The standard InChI is InChI=1S/C14H12N4O3/c19-14(20)10-2-1-3-11-9(10)4-5-12(18-11)15-7-6-13-16-8-17-21-13/h1-5,8H,6-7H2,(H,15,18)(H,19,20). The van der Waals surface area contributed by atoms with Gasteiger partial charge in [0.05, 0.1) is 11.1 Å². The zero-order chi connectivity index (χ0) is 14.7. The van der Waals surface area contributed by atoms with Gasteiger partial charge in [0.2, 0.25) is 5.89 Å². The number of nitrogens with one attached hydrogen (secondary N) is 1.